The number of hydrogen-bond donors (Lipinski definition) is 0. The molecule has 170 valence electrons. The molecule has 0 N–H and O–H groups in total. The van der Waals surface area contributed by atoms with E-state index in [2.05, 4.69) is 22.1 Å². The maximum Gasteiger partial charge on any atom is 0.230 e. The molecule has 0 radical (unpaired) electrons. The number of hydrogen-bond acceptors (Lipinski definition) is 4. The lowest BCUT2D eigenvalue weighted by atomic mass is 9.73. The lowest BCUT2D eigenvalue weighted by molar-refractivity contribution is -0.147. The molecule has 2 amide bonds. The predicted octanol–water partition coefficient (Wildman–Crippen LogP) is 3.63. The number of likely N-dealkylation sites (tertiary alicyclic amines) is 1. The third-order valence-corrected chi connectivity index (χ3v) is 6.39. The second-order valence-electron chi connectivity index (χ2n) is 9.01. The van der Waals surface area contributed by atoms with Crippen molar-refractivity contribution in [2.75, 3.05) is 27.2 Å². The van der Waals surface area contributed by atoms with Crippen LogP contribution in [0.25, 0.3) is 11.1 Å². The van der Waals surface area contributed by atoms with E-state index in [-0.39, 0.29) is 11.8 Å². The van der Waals surface area contributed by atoms with Gasteiger partial charge in [0.1, 0.15) is 0 Å². The molecular formula is C27H30N4O2. The van der Waals surface area contributed by atoms with Crippen molar-refractivity contribution in [2.45, 2.75) is 25.7 Å². The maximum absolute atomic E-state index is 13.6. The molecule has 0 saturated carbocycles. The van der Waals surface area contributed by atoms with Crippen molar-refractivity contribution in [3.8, 4) is 11.1 Å². The number of aromatic nitrogens is 2. The van der Waals surface area contributed by atoms with Crippen molar-refractivity contribution < 1.29 is 9.59 Å². The summed E-state index contributed by atoms with van der Waals surface area (Å²) < 4.78 is 0. The molecular weight excluding hydrogens is 412 g/mol. The van der Waals surface area contributed by atoms with E-state index in [1.54, 1.807) is 37.6 Å². The van der Waals surface area contributed by atoms with E-state index in [4.69, 9.17) is 0 Å². The number of benzene rings is 1. The zero-order valence-electron chi connectivity index (χ0n) is 19.3. The Morgan fingerprint density at radius 1 is 1.00 bits per heavy atom. The van der Waals surface area contributed by atoms with Crippen LogP contribution in [0.2, 0.25) is 0 Å². The summed E-state index contributed by atoms with van der Waals surface area (Å²) in [6.45, 7) is 1.09. The fourth-order valence-corrected chi connectivity index (χ4v) is 4.85. The molecule has 3 heterocycles. The molecule has 0 aliphatic carbocycles. The fourth-order valence-electron chi connectivity index (χ4n) is 4.85. The maximum atomic E-state index is 13.6. The van der Waals surface area contributed by atoms with Crippen molar-refractivity contribution in [1.29, 1.82) is 0 Å². The van der Waals surface area contributed by atoms with E-state index in [1.165, 1.54) is 0 Å². The summed E-state index contributed by atoms with van der Waals surface area (Å²) >= 11 is 0. The van der Waals surface area contributed by atoms with Gasteiger partial charge in [-0.3, -0.25) is 19.6 Å². The van der Waals surface area contributed by atoms with Crippen LogP contribution in [0, 0.1) is 5.41 Å². The Hall–Kier alpha value is -3.54. The van der Waals surface area contributed by atoms with Crippen LogP contribution in [0.4, 0.5) is 0 Å². The fraction of sp³-hybridized carbons (Fsp3) is 0.333. The van der Waals surface area contributed by atoms with E-state index in [9.17, 15) is 9.59 Å². The molecule has 1 atom stereocenters. The average Bonchev–Trinajstić information content (AvgIpc) is 2.85. The van der Waals surface area contributed by atoms with Gasteiger partial charge in [-0.05, 0) is 48.1 Å². The smallest absolute Gasteiger partial charge is 0.230 e. The van der Waals surface area contributed by atoms with Crippen LogP contribution in [0.15, 0.2) is 73.3 Å². The van der Waals surface area contributed by atoms with Gasteiger partial charge in [0.15, 0.2) is 0 Å². The SMILES string of the molecule is CN(C)C(=O)[C@@]1(Cc2ccccc2-c2cccnc2)CCCN(C(=O)Cc2cccnc2)C1. The molecule has 0 bridgehead atoms. The van der Waals surface area contributed by atoms with Gasteiger partial charge in [-0.2, -0.15) is 0 Å². The molecule has 3 aromatic rings. The predicted molar refractivity (Wildman–Crippen MR) is 128 cm³/mol. The summed E-state index contributed by atoms with van der Waals surface area (Å²) in [7, 11) is 3.60. The zero-order valence-corrected chi connectivity index (χ0v) is 19.3. The second kappa shape index (κ2) is 9.94. The van der Waals surface area contributed by atoms with Gasteiger partial charge in [0.2, 0.25) is 11.8 Å². The summed E-state index contributed by atoms with van der Waals surface area (Å²) in [6.07, 6.45) is 9.47. The number of carbonyl (C=O) groups is 2. The van der Waals surface area contributed by atoms with Crippen LogP contribution < -0.4 is 0 Å². The zero-order chi connectivity index (χ0) is 23.3. The van der Waals surface area contributed by atoms with E-state index in [0.29, 0.717) is 25.9 Å². The Kier molecular flexibility index (Phi) is 6.82. The van der Waals surface area contributed by atoms with Crippen LogP contribution in [0.3, 0.4) is 0 Å². The molecule has 33 heavy (non-hydrogen) atoms. The summed E-state index contributed by atoms with van der Waals surface area (Å²) in [5, 5.41) is 0. The molecule has 1 aromatic carbocycles. The highest BCUT2D eigenvalue weighted by molar-refractivity contribution is 5.85. The summed E-state index contributed by atoms with van der Waals surface area (Å²) in [5.41, 5.74) is 3.43. The van der Waals surface area contributed by atoms with Gasteiger partial charge in [0.25, 0.3) is 0 Å². The number of rotatable bonds is 6. The highest BCUT2D eigenvalue weighted by atomic mass is 16.2. The number of amides is 2. The third-order valence-electron chi connectivity index (χ3n) is 6.39. The van der Waals surface area contributed by atoms with Crippen LogP contribution in [-0.4, -0.2) is 58.8 Å². The topological polar surface area (TPSA) is 66.4 Å². The molecule has 1 aliphatic heterocycles. The minimum atomic E-state index is -0.662. The first-order valence-electron chi connectivity index (χ1n) is 11.4. The van der Waals surface area contributed by atoms with E-state index >= 15 is 0 Å². The first kappa shape index (κ1) is 22.6. The standard InChI is InChI=1S/C27H30N4O2/c1-30(2)26(33)27(17-22-9-3-4-11-24(22)23-10-6-14-29-19-23)12-7-15-31(20-27)25(32)16-21-8-5-13-28-18-21/h3-6,8-11,13-14,18-19H,7,12,15-17,20H2,1-2H3/t27-/m1/s1. The number of pyridine rings is 2. The van der Waals surface area contributed by atoms with Crippen LogP contribution >= 0.6 is 0 Å². The van der Waals surface area contributed by atoms with Crippen molar-refractivity contribution in [3.63, 3.8) is 0 Å². The molecule has 0 unspecified atom stereocenters. The van der Waals surface area contributed by atoms with Gasteiger partial charge in [0.05, 0.1) is 11.8 Å². The summed E-state index contributed by atoms with van der Waals surface area (Å²) in [5.74, 6) is 0.113. The van der Waals surface area contributed by atoms with Gasteiger partial charge in [0, 0.05) is 57.5 Å². The molecule has 1 saturated heterocycles. The first-order valence-corrected chi connectivity index (χ1v) is 11.4. The minimum absolute atomic E-state index is 0.0409. The summed E-state index contributed by atoms with van der Waals surface area (Å²) in [4.78, 5) is 38.6. The minimum Gasteiger partial charge on any atom is -0.348 e. The van der Waals surface area contributed by atoms with Crippen molar-refractivity contribution >= 4 is 11.8 Å². The first-order chi connectivity index (χ1) is 16.0. The lowest BCUT2D eigenvalue weighted by Crippen LogP contribution is -2.54. The number of carbonyl (C=O) groups excluding carboxylic acids is 2. The van der Waals surface area contributed by atoms with Crippen molar-refractivity contribution in [1.82, 2.24) is 19.8 Å². The highest BCUT2D eigenvalue weighted by Crippen LogP contribution is 2.38. The number of nitrogens with zero attached hydrogens (tertiary/aromatic N) is 4. The Morgan fingerprint density at radius 3 is 2.45 bits per heavy atom. The quantitative estimate of drug-likeness (QED) is 0.585. The number of piperidine rings is 1. The average molecular weight is 443 g/mol. The molecule has 4 rings (SSSR count). The monoisotopic (exact) mass is 442 g/mol. The van der Waals surface area contributed by atoms with Crippen molar-refractivity contribution in [2.24, 2.45) is 5.41 Å². The highest BCUT2D eigenvalue weighted by Gasteiger charge is 2.44. The Balaban J connectivity index is 1.64. The van der Waals surface area contributed by atoms with E-state index in [0.717, 1.165) is 35.1 Å². The van der Waals surface area contributed by atoms with Crippen molar-refractivity contribution in [3.05, 3.63) is 84.4 Å². The van der Waals surface area contributed by atoms with Gasteiger partial charge in [-0.25, -0.2) is 0 Å². The molecule has 1 fully saturated rings. The molecule has 1 aliphatic rings. The molecule has 6 heteroatoms. The Morgan fingerprint density at radius 2 is 1.76 bits per heavy atom. The molecule has 0 spiro atoms. The van der Waals surface area contributed by atoms with Gasteiger partial charge in [-0.1, -0.05) is 36.4 Å². The largest absolute Gasteiger partial charge is 0.348 e. The summed E-state index contributed by atoms with van der Waals surface area (Å²) in [6, 6.07) is 15.9. The third kappa shape index (κ3) is 5.11. The van der Waals surface area contributed by atoms with Gasteiger partial charge >= 0.3 is 0 Å². The van der Waals surface area contributed by atoms with E-state index in [1.807, 2.05) is 47.5 Å². The molecule has 2 aromatic heterocycles. The Bertz CT molecular complexity index is 1100. The normalized spacial score (nSPS) is 18.1. The van der Waals surface area contributed by atoms with Gasteiger partial charge in [-0.15, -0.1) is 0 Å². The second-order valence-corrected chi connectivity index (χ2v) is 9.01. The van der Waals surface area contributed by atoms with Crippen LogP contribution in [-0.2, 0) is 22.4 Å². The van der Waals surface area contributed by atoms with Gasteiger partial charge < -0.3 is 9.80 Å². The van der Waals surface area contributed by atoms with Crippen LogP contribution in [0.1, 0.15) is 24.0 Å². The lowest BCUT2D eigenvalue weighted by Gasteiger charge is -2.43. The van der Waals surface area contributed by atoms with Crippen LogP contribution in [0.5, 0.6) is 0 Å². The molecule has 6 nitrogen and oxygen atoms in total. The Labute approximate surface area is 195 Å². The van der Waals surface area contributed by atoms with E-state index < -0.39 is 5.41 Å².